The number of nitrogens with one attached hydrogen (secondary N) is 1. The molecular weight excluding hydrogens is 598 g/mol. The second kappa shape index (κ2) is 13.6. The normalized spacial score (nSPS) is 22.4. The lowest BCUT2D eigenvalue weighted by atomic mass is 9.77. The Hall–Kier alpha value is -4.27. The maximum Gasteiger partial charge on any atom is 0.349 e. The van der Waals surface area contributed by atoms with E-state index in [-0.39, 0.29) is 37.4 Å². The SMILES string of the molecule is COc1cc(CO)cc2c1OC1C2C(C(=O)NCCO)=CC(N(CCN2CCOCC2)C(=O)c2cc3ccccc3oc2=O)C1O. The Morgan fingerprint density at radius 1 is 1.13 bits per heavy atom. The summed E-state index contributed by atoms with van der Waals surface area (Å²) >= 11 is 0. The number of hydrogen-bond donors (Lipinski definition) is 4. The summed E-state index contributed by atoms with van der Waals surface area (Å²) < 4.78 is 22.8. The van der Waals surface area contributed by atoms with Gasteiger partial charge in [0.05, 0.1) is 45.5 Å². The molecule has 2 aliphatic heterocycles. The summed E-state index contributed by atoms with van der Waals surface area (Å²) in [5.74, 6) is -1.32. The molecule has 0 radical (unpaired) electrons. The highest BCUT2D eigenvalue weighted by Gasteiger charge is 2.51. The molecule has 0 saturated carbocycles. The number of hydrogen-bond acceptors (Lipinski definition) is 11. The highest BCUT2D eigenvalue weighted by Crippen LogP contribution is 2.51. The molecule has 0 spiro atoms. The first-order valence-corrected chi connectivity index (χ1v) is 15.3. The van der Waals surface area contributed by atoms with Gasteiger partial charge in [-0.15, -0.1) is 0 Å². The van der Waals surface area contributed by atoms with Crippen molar-refractivity contribution in [2.45, 2.75) is 30.8 Å². The van der Waals surface area contributed by atoms with E-state index in [1.807, 2.05) is 0 Å². The summed E-state index contributed by atoms with van der Waals surface area (Å²) in [4.78, 5) is 44.6. The lowest BCUT2D eigenvalue weighted by Crippen LogP contribution is -2.57. The summed E-state index contributed by atoms with van der Waals surface area (Å²) in [7, 11) is 1.45. The molecule has 2 aromatic carbocycles. The Morgan fingerprint density at radius 3 is 2.65 bits per heavy atom. The molecule has 4 unspecified atom stereocenters. The molecule has 1 saturated heterocycles. The summed E-state index contributed by atoms with van der Waals surface area (Å²) in [6.07, 6.45) is -0.820. The van der Waals surface area contributed by atoms with Crippen molar-refractivity contribution in [3.05, 3.63) is 81.2 Å². The maximum atomic E-state index is 14.3. The van der Waals surface area contributed by atoms with E-state index in [0.29, 0.717) is 66.4 Å². The van der Waals surface area contributed by atoms with Gasteiger partial charge < -0.3 is 44.2 Å². The number of amides is 2. The number of rotatable bonds is 10. The largest absolute Gasteiger partial charge is 0.493 e. The Bertz CT molecular complexity index is 1700. The molecule has 46 heavy (non-hydrogen) atoms. The van der Waals surface area contributed by atoms with E-state index in [0.717, 1.165) is 0 Å². The Labute approximate surface area is 264 Å². The molecule has 1 aromatic heterocycles. The van der Waals surface area contributed by atoms with Crippen molar-refractivity contribution in [3.8, 4) is 11.5 Å². The van der Waals surface area contributed by atoms with E-state index < -0.39 is 41.6 Å². The monoisotopic (exact) mass is 635 g/mol. The fraction of sp³-hybridized carbons (Fsp3) is 0.424. The van der Waals surface area contributed by atoms with Gasteiger partial charge in [-0.1, -0.05) is 18.2 Å². The first-order chi connectivity index (χ1) is 22.3. The fourth-order valence-corrected chi connectivity index (χ4v) is 6.44. The quantitative estimate of drug-likeness (QED) is 0.227. The van der Waals surface area contributed by atoms with Crippen molar-refractivity contribution in [2.75, 3.05) is 59.7 Å². The van der Waals surface area contributed by atoms with Crippen LogP contribution in [0.1, 0.15) is 27.4 Å². The molecule has 2 amide bonds. The smallest absolute Gasteiger partial charge is 0.349 e. The molecule has 1 fully saturated rings. The highest BCUT2D eigenvalue weighted by atomic mass is 16.5. The van der Waals surface area contributed by atoms with Crippen molar-refractivity contribution in [3.63, 3.8) is 0 Å². The number of aliphatic hydroxyl groups is 3. The zero-order chi connectivity index (χ0) is 32.4. The number of morpholine rings is 1. The number of aliphatic hydroxyl groups excluding tert-OH is 3. The molecule has 1 aliphatic carbocycles. The minimum atomic E-state index is -1.34. The number of carbonyl (C=O) groups is 2. The highest BCUT2D eigenvalue weighted by molar-refractivity contribution is 5.98. The third kappa shape index (κ3) is 5.99. The number of carbonyl (C=O) groups excluding carboxylic acids is 2. The van der Waals surface area contributed by atoms with E-state index in [2.05, 4.69) is 10.2 Å². The molecular formula is C33H37N3O10. The van der Waals surface area contributed by atoms with Crippen molar-refractivity contribution in [1.29, 1.82) is 0 Å². The van der Waals surface area contributed by atoms with Crippen LogP contribution in [0.25, 0.3) is 11.0 Å². The second-order valence-corrected chi connectivity index (χ2v) is 11.5. The summed E-state index contributed by atoms with van der Waals surface area (Å²) in [6.45, 7) is 2.29. The minimum Gasteiger partial charge on any atom is -0.493 e. The lowest BCUT2D eigenvalue weighted by molar-refractivity contribution is -0.118. The number of para-hydroxylation sites is 1. The Kier molecular flexibility index (Phi) is 9.38. The van der Waals surface area contributed by atoms with Crippen LogP contribution < -0.4 is 20.4 Å². The van der Waals surface area contributed by atoms with Gasteiger partial charge >= 0.3 is 5.63 Å². The van der Waals surface area contributed by atoms with Gasteiger partial charge in [-0.2, -0.15) is 0 Å². The first kappa shape index (κ1) is 31.7. The van der Waals surface area contributed by atoms with Gasteiger partial charge in [0, 0.05) is 49.2 Å². The van der Waals surface area contributed by atoms with Crippen molar-refractivity contribution < 1.29 is 43.5 Å². The van der Waals surface area contributed by atoms with Crippen molar-refractivity contribution in [2.24, 2.45) is 0 Å². The second-order valence-electron chi connectivity index (χ2n) is 11.5. The van der Waals surface area contributed by atoms with Crippen LogP contribution in [0.3, 0.4) is 0 Å². The van der Waals surface area contributed by atoms with Gasteiger partial charge in [0.1, 0.15) is 23.4 Å². The van der Waals surface area contributed by atoms with E-state index >= 15 is 0 Å². The molecule has 13 nitrogen and oxygen atoms in total. The standard InChI is InChI=1S/C33H37N3O10/c1-43-26-15-19(18-38)14-21-27-22(31(40)34-6-11-37)17-24(28(39)30(27)46-29(21)26)36(8-7-35-9-12-44-13-10-35)32(41)23-16-20-4-2-3-5-25(20)45-33(23)42/h2-5,14-17,24,27-28,30,37-39H,6-13,18H2,1H3,(H,34,40). The molecule has 0 bridgehead atoms. The summed E-state index contributed by atoms with van der Waals surface area (Å²) in [6, 6.07) is 10.6. The Morgan fingerprint density at radius 2 is 1.91 bits per heavy atom. The van der Waals surface area contributed by atoms with Crippen molar-refractivity contribution in [1.82, 2.24) is 15.1 Å². The fourth-order valence-electron chi connectivity index (χ4n) is 6.44. The van der Waals surface area contributed by atoms with Crippen LogP contribution >= 0.6 is 0 Å². The van der Waals surface area contributed by atoms with Gasteiger partial charge in [-0.25, -0.2) is 4.79 Å². The van der Waals surface area contributed by atoms with Crippen LogP contribution in [0.15, 0.2) is 63.3 Å². The van der Waals surface area contributed by atoms with E-state index in [1.54, 1.807) is 36.4 Å². The number of methoxy groups -OCH3 is 1. The molecule has 4 atom stereocenters. The zero-order valence-corrected chi connectivity index (χ0v) is 25.4. The van der Waals surface area contributed by atoms with Crippen LogP contribution in [0.4, 0.5) is 0 Å². The average Bonchev–Trinajstić information content (AvgIpc) is 3.47. The van der Waals surface area contributed by atoms with Gasteiger partial charge in [0.25, 0.3) is 5.91 Å². The number of nitrogens with zero attached hydrogens (tertiary/aromatic N) is 2. The molecule has 244 valence electrons. The zero-order valence-electron chi connectivity index (χ0n) is 25.4. The predicted molar refractivity (Wildman–Crippen MR) is 165 cm³/mol. The maximum absolute atomic E-state index is 14.3. The lowest BCUT2D eigenvalue weighted by Gasteiger charge is -2.41. The van der Waals surface area contributed by atoms with Gasteiger partial charge in [0.15, 0.2) is 11.5 Å². The third-order valence-corrected chi connectivity index (χ3v) is 8.75. The number of fused-ring (bicyclic) bond motifs is 4. The first-order valence-electron chi connectivity index (χ1n) is 15.3. The van der Waals surface area contributed by atoms with Gasteiger partial charge in [-0.3, -0.25) is 14.5 Å². The van der Waals surface area contributed by atoms with Crippen LogP contribution in [-0.4, -0.2) is 115 Å². The Balaban J connectivity index is 1.44. The molecule has 13 heteroatoms. The van der Waals surface area contributed by atoms with Crippen molar-refractivity contribution >= 4 is 22.8 Å². The van der Waals surface area contributed by atoms with Crippen LogP contribution in [0.5, 0.6) is 11.5 Å². The van der Waals surface area contributed by atoms with Gasteiger partial charge in [0.2, 0.25) is 5.91 Å². The summed E-state index contributed by atoms with van der Waals surface area (Å²) in [5, 5.41) is 34.5. The average molecular weight is 636 g/mol. The number of benzene rings is 2. The van der Waals surface area contributed by atoms with Crippen LogP contribution in [0, 0.1) is 0 Å². The van der Waals surface area contributed by atoms with Crippen LogP contribution in [0.2, 0.25) is 0 Å². The predicted octanol–water partition coefficient (Wildman–Crippen LogP) is 0.391. The van der Waals surface area contributed by atoms with Gasteiger partial charge in [-0.05, 0) is 35.9 Å². The molecule has 3 aliphatic rings. The topological polar surface area (TPSA) is 171 Å². The third-order valence-electron chi connectivity index (χ3n) is 8.75. The molecule has 3 heterocycles. The number of ether oxygens (including phenoxy) is 3. The van der Waals surface area contributed by atoms with E-state index in [9.17, 15) is 29.7 Å². The molecule has 4 N–H and O–H groups in total. The van der Waals surface area contributed by atoms with E-state index in [1.165, 1.54) is 24.2 Å². The van der Waals surface area contributed by atoms with E-state index in [4.69, 9.17) is 18.6 Å². The summed E-state index contributed by atoms with van der Waals surface area (Å²) in [5.41, 5.74) is 0.577. The molecule has 6 rings (SSSR count). The molecule has 3 aromatic rings. The van der Waals surface area contributed by atoms with Crippen LogP contribution in [-0.2, 0) is 16.1 Å². The minimum absolute atomic E-state index is 0.0215.